The van der Waals surface area contributed by atoms with Gasteiger partial charge in [0.25, 0.3) is 0 Å². The Hall–Kier alpha value is -0.930. The van der Waals surface area contributed by atoms with Crippen LogP contribution in [0.2, 0.25) is 0 Å². The van der Waals surface area contributed by atoms with Crippen LogP contribution in [0.25, 0.3) is 0 Å². The largest absolute Gasteiger partial charge is 0.324 e. The van der Waals surface area contributed by atoms with Crippen LogP contribution in [0.15, 0.2) is 24.3 Å². The normalized spacial score (nSPS) is 32.1. The van der Waals surface area contributed by atoms with Crippen LogP contribution >= 0.6 is 0 Å². The molecule has 2 atom stereocenters. The van der Waals surface area contributed by atoms with Crippen molar-refractivity contribution >= 4 is 0 Å². The Bertz CT molecular complexity index is 336. The predicted molar refractivity (Wildman–Crippen MR) is 54.6 cm³/mol. The Morgan fingerprint density at radius 2 is 2.36 bits per heavy atom. The van der Waals surface area contributed by atoms with Crippen molar-refractivity contribution in [1.82, 2.24) is 5.32 Å². The van der Waals surface area contributed by atoms with Gasteiger partial charge in [-0.1, -0.05) is 12.1 Å². The Labute approximate surface area is 83.3 Å². The van der Waals surface area contributed by atoms with E-state index in [1.165, 1.54) is 6.07 Å². The van der Waals surface area contributed by atoms with Gasteiger partial charge >= 0.3 is 0 Å². The fourth-order valence-corrected chi connectivity index (χ4v) is 2.06. The lowest BCUT2D eigenvalue weighted by atomic mass is 9.84. The van der Waals surface area contributed by atoms with E-state index in [0.717, 1.165) is 18.7 Å². The summed E-state index contributed by atoms with van der Waals surface area (Å²) in [7, 11) is 0. The average molecular weight is 194 g/mol. The van der Waals surface area contributed by atoms with Gasteiger partial charge in [-0.25, -0.2) is 4.39 Å². The number of halogens is 1. The second-order valence-electron chi connectivity index (χ2n) is 4.24. The molecule has 2 nitrogen and oxygen atoms in total. The Morgan fingerprint density at radius 1 is 1.57 bits per heavy atom. The van der Waals surface area contributed by atoms with Crippen molar-refractivity contribution in [1.29, 1.82) is 0 Å². The number of benzene rings is 1. The van der Waals surface area contributed by atoms with Gasteiger partial charge in [0, 0.05) is 24.5 Å². The highest BCUT2D eigenvalue weighted by Gasteiger charge is 2.35. The molecule has 14 heavy (non-hydrogen) atoms. The van der Waals surface area contributed by atoms with Gasteiger partial charge in [-0.2, -0.15) is 0 Å². The fraction of sp³-hybridized carbons (Fsp3) is 0.455. The van der Waals surface area contributed by atoms with Gasteiger partial charge in [0.15, 0.2) is 0 Å². The van der Waals surface area contributed by atoms with Crippen molar-refractivity contribution in [3.63, 3.8) is 0 Å². The summed E-state index contributed by atoms with van der Waals surface area (Å²) >= 11 is 0. The van der Waals surface area contributed by atoms with Crippen molar-refractivity contribution in [3.8, 4) is 0 Å². The molecule has 1 aromatic carbocycles. The number of nitrogens with one attached hydrogen (secondary N) is 1. The lowest BCUT2D eigenvalue weighted by Crippen LogP contribution is -2.42. The summed E-state index contributed by atoms with van der Waals surface area (Å²) in [6, 6.07) is 6.70. The molecule has 0 amide bonds. The Kier molecular flexibility index (Phi) is 2.29. The van der Waals surface area contributed by atoms with E-state index in [2.05, 4.69) is 5.32 Å². The molecule has 1 fully saturated rings. The first-order valence-electron chi connectivity index (χ1n) is 4.85. The summed E-state index contributed by atoms with van der Waals surface area (Å²) in [5.41, 5.74) is 6.84. The summed E-state index contributed by atoms with van der Waals surface area (Å²) < 4.78 is 13.0. The highest BCUT2D eigenvalue weighted by Crippen LogP contribution is 2.29. The van der Waals surface area contributed by atoms with Crippen LogP contribution in [0, 0.1) is 5.82 Å². The van der Waals surface area contributed by atoms with Crippen molar-refractivity contribution in [3.05, 3.63) is 35.6 Å². The van der Waals surface area contributed by atoms with E-state index in [9.17, 15) is 4.39 Å². The monoisotopic (exact) mass is 194 g/mol. The summed E-state index contributed by atoms with van der Waals surface area (Å²) in [5, 5.41) is 3.23. The maximum atomic E-state index is 13.0. The maximum absolute atomic E-state index is 13.0. The number of nitrogens with two attached hydrogens (primary N) is 1. The SMILES string of the molecule is CC1(N)CNCC1c1cccc(F)c1. The molecule has 1 heterocycles. The molecule has 1 aromatic rings. The topological polar surface area (TPSA) is 38.0 Å². The van der Waals surface area contributed by atoms with E-state index in [4.69, 9.17) is 5.73 Å². The zero-order chi connectivity index (χ0) is 10.2. The van der Waals surface area contributed by atoms with Crippen LogP contribution in [-0.2, 0) is 0 Å². The van der Waals surface area contributed by atoms with Crippen molar-refractivity contribution < 1.29 is 4.39 Å². The van der Waals surface area contributed by atoms with Crippen LogP contribution in [-0.4, -0.2) is 18.6 Å². The molecule has 3 N–H and O–H groups in total. The van der Waals surface area contributed by atoms with Gasteiger partial charge in [-0.05, 0) is 24.6 Å². The van der Waals surface area contributed by atoms with Gasteiger partial charge in [0.1, 0.15) is 5.82 Å². The first kappa shape index (κ1) is 9.62. The van der Waals surface area contributed by atoms with Crippen LogP contribution < -0.4 is 11.1 Å². The third-order valence-corrected chi connectivity index (χ3v) is 2.90. The van der Waals surface area contributed by atoms with Crippen molar-refractivity contribution in [2.45, 2.75) is 18.4 Å². The van der Waals surface area contributed by atoms with Crippen LogP contribution in [0.1, 0.15) is 18.4 Å². The molecule has 0 radical (unpaired) electrons. The van der Waals surface area contributed by atoms with Crippen LogP contribution in [0.4, 0.5) is 4.39 Å². The standard InChI is InChI=1S/C11H15FN2/c1-11(13)7-14-6-10(11)8-3-2-4-9(12)5-8/h2-5,10,14H,6-7,13H2,1H3. The highest BCUT2D eigenvalue weighted by atomic mass is 19.1. The van der Waals surface area contributed by atoms with Gasteiger partial charge in [0.2, 0.25) is 0 Å². The summed E-state index contributed by atoms with van der Waals surface area (Å²) in [4.78, 5) is 0. The van der Waals surface area contributed by atoms with Crippen LogP contribution in [0.3, 0.4) is 0 Å². The molecule has 1 aliphatic heterocycles. The van der Waals surface area contributed by atoms with E-state index in [1.807, 2.05) is 13.0 Å². The zero-order valence-electron chi connectivity index (χ0n) is 8.26. The second-order valence-corrected chi connectivity index (χ2v) is 4.24. The van der Waals surface area contributed by atoms with E-state index in [-0.39, 0.29) is 17.3 Å². The molecule has 2 rings (SSSR count). The summed E-state index contributed by atoms with van der Waals surface area (Å²) in [6.07, 6.45) is 0. The molecule has 0 saturated carbocycles. The van der Waals surface area contributed by atoms with E-state index >= 15 is 0 Å². The molecule has 0 spiro atoms. The van der Waals surface area contributed by atoms with Gasteiger partial charge in [-0.15, -0.1) is 0 Å². The zero-order valence-corrected chi connectivity index (χ0v) is 8.26. The van der Waals surface area contributed by atoms with Gasteiger partial charge in [-0.3, -0.25) is 0 Å². The van der Waals surface area contributed by atoms with E-state index in [1.54, 1.807) is 12.1 Å². The summed E-state index contributed by atoms with van der Waals surface area (Å²) in [5.74, 6) is 0.0170. The first-order valence-corrected chi connectivity index (χ1v) is 4.85. The quantitative estimate of drug-likeness (QED) is 0.705. The third-order valence-electron chi connectivity index (χ3n) is 2.90. The first-order chi connectivity index (χ1) is 6.59. The maximum Gasteiger partial charge on any atom is 0.123 e. The minimum Gasteiger partial charge on any atom is -0.324 e. The molecule has 3 heteroatoms. The molecular formula is C11H15FN2. The lowest BCUT2D eigenvalue weighted by Gasteiger charge is -2.25. The smallest absolute Gasteiger partial charge is 0.123 e. The molecule has 2 unspecified atom stereocenters. The fourth-order valence-electron chi connectivity index (χ4n) is 2.06. The number of hydrogen-bond donors (Lipinski definition) is 2. The Balaban J connectivity index is 2.31. The number of rotatable bonds is 1. The van der Waals surface area contributed by atoms with E-state index in [0.29, 0.717) is 0 Å². The highest BCUT2D eigenvalue weighted by molar-refractivity contribution is 5.26. The van der Waals surface area contributed by atoms with Crippen molar-refractivity contribution in [2.75, 3.05) is 13.1 Å². The molecule has 0 aliphatic carbocycles. The average Bonchev–Trinajstić information content (AvgIpc) is 2.45. The molecule has 1 aliphatic rings. The molecule has 0 aromatic heterocycles. The van der Waals surface area contributed by atoms with E-state index < -0.39 is 0 Å². The Morgan fingerprint density at radius 3 is 2.93 bits per heavy atom. The lowest BCUT2D eigenvalue weighted by molar-refractivity contribution is 0.461. The van der Waals surface area contributed by atoms with Crippen molar-refractivity contribution in [2.24, 2.45) is 5.73 Å². The predicted octanol–water partition coefficient (Wildman–Crippen LogP) is 1.23. The second kappa shape index (κ2) is 3.33. The number of hydrogen-bond acceptors (Lipinski definition) is 2. The molecule has 0 bridgehead atoms. The van der Waals surface area contributed by atoms with Gasteiger partial charge in [0.05, 0.1) is 0 Å². The minimum atomic E-state index is -0.270. The summed E-state index contributed by atoms with van der Waals surface area (Å²) in [6.45, 7) is 3.62. The molecular weight excluding hydrogens is 179 g/mol. The van der Waals surface area contributed by atoms with Crippen LogP contribution in [0.5, 0.6) is 0 Å². The third kappa shape index (κ3) is 1.65. The van der Waals surface area contributed by atoms with Gasteiger partial charge < -0.3 is 11.1 Å². The molecule has 1 saturated heterocycles. The molecule has 76 valence electrons. The minimum absolute atomic E-state index is 0.190.